The Morgan fingerprint density at radius 2 is 1.46 bits per heavy atom. The highest BCUT2D eigenvalue weighted by molar-refractivity contribution is 5.79. The van der Waals surface area contributed by atoms with Crippen LogP contribution in [0.3, 0.4) is 0 Å². The maximum absolute atomic E-state index is 12.2. The SMILES string of the molecule is CCCCCCC=CCCCCC(CC(=O)O)C(=O)OCCCCCC(C)C. The molecule has 0 aliphatic heterocycles. The van der Waals surface area contributed by atoms with E-state index in [-0.39, 0.29) is 12.4 Å². The molecule has 0 saturated carbocycles. The molecule has 0 spiro atoms. The van der Waals surface area contributed by atoms with Crippen molar-refractivity contribution in [2.24, 2.45) is 11.8 Å². The van der Waals surface area contributed by atoms with Crippen molar-refractivity contribution in [3.05, 3.63) is 12.2 Å². The molecule has 0 bridgehead atoms. The van der Waals surface area contributed by atoms with E-state index in [0.29, 0.717) is 18.9 Å². The maximum Gasteiger partial charge on any atom is 0.309 e. The fourth-order valence-electron chi connectivity index (χ4n) is 3.21. The Morgan fingerprint density at radius 3 is 2.07 bits per heavy atom. The maximum atomic E-state index is 12.2. The minimum Gasteiger partial charge on any atom is -0.481 e. The van der Waals surface area contributed by atoms with Crippen LogP contribution in [0.25, 0.3) is 0 Å². The van der Waals surface area contributed by atoms with Crippen LogP contribution in [0.2, 0.25) is 0 Å². The minimum absolute atomic E-state index is 0.126. The van der Waals surface area contributed by atoms with Gasteiger partial charge in [0.1, 0.15) is 0 Å². The lowest BCUT2D eigenvalue weighted by atomic mass is 9.97. The lowest BCUT2D eigenvalue weighted by molar-refractivity contribution is -0.153. The fraction of sp³-hybridized carbons (Fsp3) is 0.833. The number of carboxylic acids is 1. The first-order valence-corrected chi connectivity index (χ1v) is 11.5. The van der Waals surface area contributed by atoms with Gasteiger partial charge in [-0.05, 0) is 44.4 Å². The van der Waals surface area contributed by atoms with Gasteiger partial charge in [0.25, 0.3) is 0 Å². The van der Waals surface area contributed by atoms with Crippen LogP contribution in [-0.2, 0) is 14.3 Å². The van der Waals surface area contributed by atoms with Gasteiger partial charge in [-0.3, -0.25) is 9.59 Å². The molecule has 0 radical (unpaired) electrons. The Bertz CT molecular complexity index is 415. The van der Waals surface area contributed by atoms with Crippen LogP contribution < -0.4 is 0 Å². The molecular formula is C24H44O4. The van der Waals surface area contributed by atoms with Crippen LogP contribution in [-0.4, -0.2) is 23.7 Å². The Labute approximate surface area is 173 Å². The number of hydrogen-bond donors (Lipinski definition) is 1. The third-order valence-electron chi connectivity index (χ3n) is 4.99. The third kappa shape index (κ3) is 18.1. The van der Waals surface area contributed by atoms with E-state index < -0.39 is 11.9 Å². The summed E-state index contributed by atoms with van der Waals surface area (Å²) in [6, 6.07) is 0. The number of hydrogen-bond acceptors (Lipinski definition) is 3. The Kier molecular flexibility index (Phi) is 18.1. The smallest absolute Gasteiger partial charge is 0.309 e. The largest absolute Gasteiger partial charge is 0.481 e. The van der Waals surface area contributed by atoms with Gasteiger partial charge in [-0.15, -0.1) is 0 Å². The predicted octanol–water partition coefficient (Wildman–Crippen LogP) is 6.92. The summed E-state index contributed by atoms with van der Waals surface area (Å²) in [6.45, 7) is 7.05. The summed E-state index contributed by atoms with van der Waals surface area (Å²) >= 11 is 0. The van der Waals surface area contributed by atoms with Gasteiger partial charge in [0.2, 0.25) is 0 Å². The number of esters is 1. The second kappa shape index (κ2) is 19.0. The van der Waals surface area contributed by atoms with E-state index in [1.54, 1.807) is 0 Å². The van der Waals surface area contributed by atoms with Gasteiger partial charge < -0.3 is 9.84 Å². The zero-order chi connectivity index (χ0) is 21.0. The van der Waals surface area contributed by atoms with E-state index in [1.165, 1.54) is 32.1 Å². The molecular weight excluding hydrogens is 352 g/mol. The highest BCUT2D eigenvalue weighted by atomic mass is 16.5. The first kappa shape index (κ1) is 26.7. The zero-order valence-electron chi connectivity index (χ0n) is 18.6. The first-order chi connectivity index (χ1) is 13.5. The number of carboxylic acid groups (broad SMARTS) is 1. The molecule has 1 N–H and O–H groups in total. The molecule has 4 nitrogen and oxygen atoms in total. The Balaban J connectivity index is 3.92. The van der Waals surface area contributed by atoms with Crippen molar-refractivity contribution in [2.45, 2.75) is 111 Å². The van der Waals surface area contributed by atoms with Crippen molar-refractivity contribution in [1.29, 1.82) is 0 Å². The van der Waals surface area contributed by atoms with Gasteiger partial charge in [-0.2, -0.15) is 0 Å². The van der Waals surface area contributed by atoms with E-state index in [1.807, 2.05) is 0 Å². The number of ether oxygens (including phenoxy) is 1. The van der Waals surface area contributed by atoms with Crippen molar-refractivity contribution in [3.8, 4) is 0 Å². The van der Waals surface area contributed by atoms with Crippen LogP contribution in [0.15, 0.2) is 12.2 Å². The van der Waals surface area contributed by atoms with Crippen molar-refractivity contribution in [1.82, 2.24) is 0 Å². The number of rotatable bonds is 19. The van der Waals surface area contributed by atoms with E-state index in [4.69, 9.17) is 9.84 Å². The number of aliphatic carboxylic acids is 1. The summed E-state index contributed by atoms with van der Waals surface area (Å²) in [5, 5.41) is 9.07. The van der Waals surface area contributed by atoms with Crippen LogP contribution in [0.4, 0.5) is 0 Å². The summed E-state index contributed by atoms with van der Waals surface area (Å²) in [5.41, 5.74) is 0. The molecule has 0 saturated heterocycles. The monoisotopic (exact) mass is 396 g/mol. The van der Waals surface area contributed by atoms with Crippen molar-refractivity contribution in [2.75, 3.05) is 6.61 Å². The normalized spacial score (nSPS) is 12.6. The molecule has 0 aliphatic carbocycles. The quantitative estimate of drug-likeness (QED) is 0.146. The first-order valence-electron chi connectivity index (χ1n) is 11.5. The molecule has 0 aromatic rings. The summed E-state index contributed by atoms with van der Waals surface area (Å²) < 4.78 is 5.34. The van der Waals surface area contributed by atoms with Crippen molar-refractivity contribution < 1.29 is 19.4 Å². The van der Waals surface area contributed by atoms with Gasteiger partial charge in [-0.25, -0.2) is 0 Å². The van der Waals surface area contributed by atoms with Crippen molar-refractivity contribution in [3.63, 3.8) is 0 Å². The molecule has 0 fully saturated rings. The van der Waals surface area contributed by atoms with E-state index >= 15 is 0 Å². The van der Waals surface area contributed by atoms with Gasteiger partial charge >= 0.3 is 11.9 Å². The summed E-state index contributed by atoms with van der Waals surface area (Å²) in [4.78, 5) is 23.3. The van der Waals surface area contributed by atoms with E-state index in [9.17, 15) is 9.59 Å². The van der Waals surface area contributed by atoms with Crippen LogP contribution >= 0.6 is 0 Å². The standard InChI is InChI=1S/C24H44O4/c1-4-5-6-7-8-9-10-11-12-15-18-22(20-23(25)26)24(27)28-19-16-13-14-17-21(2)3/h9-10,21-22H,4-8,11-20H2,1-3H3,(H,25,26). The second-order valence-electron chi connectivity index (χ2n) is 8.31. The van der Waals surface area contributed by atoms with Crippen LogP contribution in [0.1, 0.15) is 111 Å². The van der Waals surface area contributed by atoms with Gasteiger partial charge in [0.05, 0.1) is 18.9 Å². The summed E-state index contributed by atoms with van der Waals surface area (Å²) in [6.07, 6.45) is 18.3. The molecule has 28 heavy (non-hydrogen) atoms. The number of unbranched alkanes of at least 4 members (excludes halogenated alkanes) is 8. The highest BCUT2D eigenvalue weighted by Crippen LogP contribution is 2.17. The summed E-state index contributed by atoms with van der Waals surface area (Å²) in [7, 11) is 0. The number of carbonyl (C=O) groups is 2. The van der Waals surface area contributed by atoms with Crippen LogP contribution in [0, 0.1) is 11.8 Å². The number of allylic oxidation sites excluding steroid dienone is 2. The lowest BCUT2D eigenvalue weighted by Crippen LogP contribution is -2.21. The third-order valence-corrected chi connectivity index (χ3v) is 4.99. The molecule has 0 heterocycles. The topological polar surface area (TPSA) is 63.6 Å². The van der Waals surface area contributed by atoms with E-state index in [2.05, 4.69) is 32.9 Å². The van der Waals surface area contributed by atoms with Gasteiger partial charge in [0, 0.05) is 0 Å². The van der Waals surface area contributed by atoms with Crippen LogP contribution in [0.5, 0.6) is 0 Å². The molecule has 0 amide bonds. The highest BCUT2D eigenvalue weighted by Gasteiger charge is 2.22. The molecule has 1 atom stereocenters. The van der Waals surface area contributed by atoms with E-state index in [0.717, 1.165) is 44.9 Å². The molecule has 164 valence electrons. The zero-order valence-corrected chi connectivity index (χ0v) is 18.6. The lowest BCUT2D eigenvalue weighted by Gasteiger charge is -2.14. The molecule has 1 unspecified atom stereocenters. The van der Waals surface area contributed by atoms with Gasteiger partial charge in [0.15, 0.2) is 0 Å². The molecule has 0 aliphatic rings. The Hall–Kier alpha value is -1.32. The molecule has 0 aromatic carbocycles. The predicted molar refractivity (Wildman–Crippen MR) is 116 cm³/mol. The fourth-order valence-corrected chi connectivity index (χ4v) is 3.21. The molecule has 4 heteroatoms. The second-order valence-corrected chi connectivity index (χ2v) is 8.31. The average molecular weight is 397 g/mol. The molecule has 0 rings (SSSR count). The number of carbonyl (C=O) groups excluding carboxylic acids is 1. The Morgan fingerprint density at radius 1 is 0.857 bits per heavy atom. The van der Waals surface area contributed by atoms with Gasteiger partial charge in [-0.1, -0.05) is 77.9 Å². The average Bonchev–Trinajstić information content (AvgIpc) is 2.64. The molecule has 0 aromatic heterocycles. The minimum atomic E-state index is -0.925. The van der Waals surface area contributed by atoms with Crippen molar-refractivity contribution >= 4 is 11.9 Å². The summed E-state index contributed by atoms with van der Waals surface area (Å²) in [5.74, 6) is -1.06.